The molecule has 0 bridgehead atoms. The number of esters is 1. The molecule has 0 spiro atoms. The zero-order valence-electron chi connectivity index (χ0n) is 15.4. The number of anilines is 1. The Morgan fingerprint density at radius 1 is 1.37 bits per heavy atom. The molecule has 1 aliphatic rings. The van der Waals surface area contributed by atoms with Crippen molar-refractivity contribution in [1.29, 1.82) is 0 Å². The van der Waals surface area contributed by atoms with E-state index in [1.165, 1.54) is 6.20 Å². The molecule has 8 nitrogen and oxygen atoms in total. The zero-order chi connectivity index (χ0) is 19.8. The van der Waals surface area contributed by atoms with Gasteiger partial charge in [0.1, 0.15) is 11.5 Å². The average Bonchev–Trinajstić information content (AvgIpc) is 2.64. The van der Waals surface area contributed by atoms with Crippen LogP contribution in [0.3, 0.4) is 0 Å². The van der Waals surface area contributed by atoms with Gasteiger partial charge in [-0.3, -0.25) is 5.32 Å². The Balaban J connectivity index is 2.23. The number of urea groups is 1. The predicted octanol–water partition coefficient (Wildman–Crippen LogP) is 2.31. The smallest absolute Gasteiger partial charge is 0.355 e. The molecule has 0 saturated carbocycles. The lowest BCUT2D eigenvalue weighted by Crippen LogP contribution is -2.28. The Kier molecular flexibility index (Phi) is 6.76. The molecule has 27 heavy (non-hydrogen) atoms. The van der Waals surface area contributed by atoms with Gasteiger partial charge in [0.25, 0.3) is 0 Å². The molecule has 0 unspecified atom stereocenters. The van der Waals surface area contributed by atoms with Gasteiger partial charge in [0.2, 0.25) is 0 Å². The number of hydrogen-bond acceptors (Lipinski definition) is 6. The van der Waals surface area contributed by atoms with Crippen LogP contribution in [0.15, 0.2) is 60.7 Å². The van der Waals surface area contributed by atoms with Crippen LogP contribution in [0.1, 0.15) is 19.4 Å². The second kappa shape index (κ2) is 9.23. The average molecular weight is 369 g/mol. The van der Waals surface area contributed by atoms with Gasteiger partial charge in [-0.05, 0) is 38.1 Å². The van der Waals surface area contributed by atoms with Crippen molar-refractivity contribution in [2.24, 2.45) is 5.73 Å². The summed E-state index contributed by atoms with van der Waals surface area (Å²) in [6.07, 6.45) is 8.55. The second-order valence-corrected chi connectivity index (χ2v) is 5.49. The minimum atomic E-state index is -0.598. The van der Waals surface area contributed by atoms with E-state index in [1.807, 2.05) is 19.1 Å². The predicted molar refractivity (Wildman–Crippen MR) is 104 cm³/mol. The van der Waals surface area contributed by atoms with E-state index in [9.17, 15) is 9.59 Å². The Bertz CT molecular complexity index is 809. The zero-order valence-corrected chi connectivity index (χ0v) is 15.4. The summed E-state index contributed by atoms with van der Waals surface area (Å²) in [5.41, 5.74) is 7.90. The lowest BCUT2D eigenvalue weighted by atomic mass is 10.1. The van der Waals surface area contributed by atoms with E-state index in [0.717, 1.165) is 11.3 Å². The molecule has 142 valence electrons. The molecule has 2 rings (SSSR count). The van der Waals surface area contributed by atoms with Gasteiger partial charge in [0.05, 0.1) is 12.3 Å². The highest BCUT2D eigenvalue weighted by Crippen LogP contribution is 2.28. The molecule has 4 N–H and O–H groups in total. The van der Waals surface area contributed by atoms with Crippen molar-refractivity contribution < 1.29 is 14.3 Å². The molecule has 1 aromatic rings. The largest absolute Gasteiger partial charge is 0.461 e. The molecule has 1 aromatic heterocycles. The molecule has 0 atom stereocenters. The molecule has 8 heteroatoms. The van der Waals surface area contributed by atoms with E-state index in [0.29, 0.717) is 18.1 Å². The third kappa shape index (κ3) is 5.21. The number of carbonyl (C=O) groups is 2. The SMILES string of the molecule is C=C1C=CC=C(c2ccc(NC(=O)NCC)nc2)N1/C=C(\N)C(=O)OCC. The molecular weight excluding hydrogens is 346 g/mol. The summed E-state index contributed by atoms with van der Waals surface area (Å²) in [7, 11) is 0. The summed E-state index contributed by atoms with van der Waals surface area (Å²) in [5.74, 6) is -0.178. The van der Waals surface area contributed by atoms with Crippen molar-refractivity contribution in [3.05, 3.63) is 66.3 Å². The number of pyridine rings is 1. The van der Waals surface area contributed by atoms with E-state index >= 15 is 0 Å². The van der Waals surface area contributed by atoms with Crippen molar-refractivity contribution in [3.8, 4) is 0 Å². The van der Waals surface area contributed by atoms with E-state index < -0.39 is 5.97 Å². The molecular formula is C19H23N5O3. The minimum Gasteiger partial charge on any atom is -0.461 e. The maximum atomic E-state index is 11.8. The highest BCUT2D eigenvalue weighted by molar-refractivity contribution is 5.89. The molecule has 2 heterocycles. The Hall–Kier alpha value is -3.55. The lowest BCUT2D eigenvalue weighted by molar-refractivity contribution is -0.138. The van der Waals surface area contributed by atoms with Crippen LogP contribution in [-0.2, 0) is 9.53 Å². The van der Waals surface area contributed by atoms with Gasteiger partial charge in [0.15, 0.2) is 0 Å². The number of rotatable bonds is 6. The highest BCUT2D eigenvalue weighted by Gasteiger charge is 2.17. The third-order valence-corrected chi connectivity index (χ3v) is 3.53. The monoisotopic (exact) mass is 369 g/mol. The molecule has 0 radical (unpaired) electrons. The number of nitrogens with zero attached hydrogens (tertiary/aromatic N) is 2. The Labute approximate surface area is 158 Å². The summed E-state index contributed by atoms with van der Waals surface area (Å²) < 4.78 is 4.91. The Morgan fingerprint density at radius 3 is 2.78 bits per heavy atom. The molecule has 0 saturated heterocycles. The maximum absolute atomic E-state index is 11.8. The quantitative estimate of drug-likeness (QED) is 0.524. The fraction of sp³-hybridized carbons (Fsp3) is 0.211. The number of ether oxygens (including phenoxy) is 1. The minimum absolute atomic E-state index is 0.0401. The lowest BCUT2D eigenvalue weighted by Gasteiger charge is -2.27. The second-order valence-electron chi connectivity index (χ2n) is 5.49. The van der Waals surface area contributed by atoms with Crippen LogP contribution >= 0.6 is 0 Å². The molecule has 0 fully saturated rings. The first-order valence-corrected chi connectivity index (χ1v) is 8.48. The number of allylic oxidation sites excluding steroid dienone is 3. The van der Waals surface area contributed by atoms with Crippen molar-refractivity contribution in [2.75, 3.05) is 18.5 Å². The van der Waals surface area contributed by atoms with E-state index in [4.69, 9.17) is 10.5 Å². The number of aromatic nitrogens is 1. The van der Waals surface area contributed by atoms with E-state index in [-0.39, 0.29) is 18.3 Å². The van der Waals surface area contributed by atoms with Crippen LogP contribution in [0.5, 0.6) is 0 Å². The van der Waals surface area contributed by atoms with Crippen LogP contribution in [0.2, 0.25) is 0 Å². The van der Waals surface area contributed by atoms with Crippen LogP contribution in [0.4, 0.5) is 10.6 Å². The van der Waals surface area contributed by atoms with Crippen molar-refractivity contribution in [1.82, 2.24) is 15.2 Å². The van der Waals surface area contributed by atoms with Crippen LogP contribution in [0.25, 0.3) is 5.70 Å². The summed E-state index contributed by atoms with van der Waals surface area (Å²) in [6, 6.07) is 3.16. The van der Waals surface area contributed by atoms with Gasteiger partial charge in [-0.1, -0.05) is 12.7 Å². The van der Waals surface area contributed by atoms with Gasteiger partial charge in [-0.2, -0.15) is 0 Å². The Morgan fingerprint density at radius 2 is 2.15 bits per heavy atom. The topological polar surface area (TPSA) is 110 Å². The number of carbonyl (C=O) groups excluding carboxylic acids is 2. The normalized spacial score (nSPS) is 13.9. The first-order chi connectivity index (χ1) is 13.0. The summed E-state index contributed by atoms with van der Waals surface area (Å²) in [4.78, 5) is 29.3. The van der Waals surface area contributed by atoms with Crippen LogP contribution < -0.4 is 16.4 Å². The van der Waals surface area contributed by atoms with Crippen molar-refractivity contribution >= 4 is 23.5 Å². The van der Waals surface area contributed by atoms with Crippen LogP contribution in [0, 0.1) is 0 Å². The summed E-state index contributed by atoms with van der Waals surface area (Å²) >= 11 is 0. The third-order valence-electron chi connectivity index (χ3n) is 3.53. The molecule has 0 aliphatic carbocycles. The van der Waals surface area contributed by atoms with Crippen molar-refractivity contribution in [3.63, 3.8) is 0 Å². The number of nitrogens with one attached hydrogen (secondary N) is 2. The van der Waals surface area contributed by atoms with Crippen LogP contribution in [-0.4, -0.2) is 35.0 Å². The van der Waals surface area contributed by atoms with Crippen molar-refractivity contribution in [2.45, 2.75) is 13.8 Å². The fourth-order valence-corrected chi connectivity index (χ4v) is 2.30. The number of hydrogen-bond donors (Lipinski definition) is 3. The summed E-state index contributed by atoms with van der Waals surface area (Å²) in [5, 5.41) is 5.27. The fourth-order valence-electron chi connectivity index (χ4n) is 2.30. The maximum Gasteiger partial charge on any atom is 0.355 e. The number of amides is 2. The first-order valence-electron chi connectivity index (χ1n) is 8.48. The van der Waals surface area contributed by atoms with Gasteiger partial charge < -0.3 is 20.7 Å². The molecule has 2 amide bonds. The number of nitrogens with two attached hydrogens (primary N) is 1. The van der Waals surface area contributed by atoms with E-state index in [1.54, 1.807) is 36.2 Å². The highest BCUT2D eigenvalue weighted by atomic mass is 16.5. The first kappa shape index (κ1) is 19.8. The van der Waals surface area contributed by atoms with Gasteiger partial charge in [0, 0.05) is 30.2 Å². The molecule has 1 aliphatic heterocycles. The van der Waals surface area contributed by atoms with E-state index in [2.05, 4.69) is 22.2 Å². The molecule has 0 aromatic carbocycles. The van der Waals surface area contributed by atoms with Gasteiger partial charge in [-0.15, -0.1) is 0 Å². The standard InChI is InChI=1S/C19H23N5O3/c1-4-21-19(26)23-17-10-9-14(11-22-17)16-8-6-7-13(3)24(16)12-15(20)18(25)27-5-2/h6-12H,3-5,20H2,1-2H3,(H2,21,22,23,26)/b15-12-. The van der Waals surface area contributed by atoms with Gasteiger partial charge >= 0.3 is 12.0 Å². The summed E-state index contributed by atoms with van der Waals surface area (Å²) in [6.45, 7) is 8.27. The van der Waals surface area contributed by atoms with Gasteiger partial charge in [-0.25, -0.2) is 14.6 Å².